The van der Waals surface area contributed by atoms with Gasteiger partial charge in [0.1, 0.15) is 0 Å². The maximum Gasteiger partial charge on any atom is 0.0332 e. The summed E-state index contributed by atoms with van der Waals surface area (Å²) in [7, 11) is 0. The van der Waals surface area contributed by atoms with Crippen molar-refractivity contribution in [1.29, 1.82) is 0 Å². The Hall–Kier alpha value is -4.80. The molecule has 10 rings (SSSR count). The monoisotopic (exact) mass is 840 g/mol. The van der Waals surface area contributed by atoms with E-state index in [1.54, 1.807) is 0 Å². The minimum absolute atomic E-state index is 1.13. The third-order valence-corrected chi connectivity index (χ3v) is 13.0. The molecule has 0 aromatic heterocycles. The molecule has 3 heteroatoms. The Kier molecular flexibility index (Phi) is 7.39. The predicted octanol–water partition coefficient (Wildman–Crippen LogP) is 15.9. The highest BCUT2D eigenvalue weighted by atomic mass is 79.9. The second-order valence-electron chi connectivity index (χ2n) is 13.1. The Balaban J connectivity index is 1.43. The first kappa shape index (κ1) is 31.0. The molecule has 0 radical (unpaired) electrons. The first-order valence-corrected chi connectivity index (χ1v) is 19.4. The van der Waals surface area contributed by atoms with Crippen molar-refractivity contribution in [3.8, 4) is 33.4 Å². The van der Waals surface area contributed by atoms with Gasteiger partial charge in [-0.25, -0.2) is 0 Å². The Morgan fingerprint density at radius 3 is 0.549 bits per heavy atom. The maximum absolute atomic E-state index is 4.00. The molecule has 0 aliphatic carbocycles. The predicted molar refractivity (Wildman–Crippen MR) is 231 cm³/mol. The van der Waals surface area contributed by atoms with Crippen molar-refractivity contribution < 1.29 is 0 Å². The summed E-state index contributed by atoms with van der Waals surface area (Å²) in [6, 6.07) is 60.0. The standard InChI is InChI=1S/C48H27Br3/c49-46-37-19-7-1-13-31(37)43(32-14-2-8-20-38(32)46)28-25-29(44-33-15-3-9-21-39(33)47(50)40-22-10-4-16-34(40)44)27-30(26-28)45-35-17-5-11-23-41(35)48(51)42-24-12-6-18-36(42)45/h1-27H. The highest BCUT2D eigenvalue weighted by molar-refractivity contribution is 9.11. The summed E-state index contributed by atoms with van der Waals surface area (Å²) in [5.74, 6) is 0. The zero-order chi connectivity index (χ0) is 34.2. The molecule has 10 aromatic rings. The third kappa shape index (κ3) is 4.75. The molecule has 240 valence electrons. The Labute approximate surface area is 320 Å². The van der Waals surface area contributed by atoms with Crippen LogP contribution in [0.15, 0.2) is 177 Å². The minimum Gasteiger partial charge on any atom is -0.0616 e. The van der Waals surface area contributed by atoms with E-state index in [0.717, 1.165) is 13.4 Å². The van der Waals surface area contributed by atoms with Crippen LogP contribution in [-0.2, 0) is 0 Å². The lowest BCUT2D eigenvalue weighted by atomic mass is 9.84. The second kappa shape index (κ2) is 12.2. The first-order chi connectivity index (χ1) is 25.1. The molecule has 10 aromatic carbocycles. The maximum atomic E-state index is 4.00. The Morgan fingerprint density at radius 2 is 0.373 bits per heavy atom. The number of halogens is 3. The summed E-state index contributed by atoms with van der Waals surface area (Å²) in [6.45, 7) is 0. The van der Waals surface area contributed by atoms with Crippen molar-refractivity contribution in [2.45, 2.75) is 0 Å². The van der Waals surface area contributed by atoms with Crippen LogP contribution in [-0.4, -0.2) is 0 Å². The summed E-state index contributed by atoms with van der Waals surface area (Å²) < 4.78 is 3.39. The summed E-state index contributed by atoms with van der Waals surface area (Å²) in [5, 5.41) is 14.6. The Bertz CT molecular complexity index is 2550. The van der Waals surface area contributed by atoms with Gasteiger partial charge in [-0.15, -0.1) is 0 Å². The second-order valence-corrected chi connectivity index (χ2v) is 15.5. The van der Waals surface area contributed by atoms with Gasteiger partial charge >= 0.3 is 0 Å². The van der Waals surface area contributed by atoms with Crippen LogP contribution in [0.5, 0.6) is 0 Å². The van der Waals surface area contributed by atoms with E-state index < -0.39 is 0 Å². The average Bonchev–Trinajstić information content (AvgIpc) is 3.18. The molecule has 51 heavy (non-hydrogen) atoms. The molecule has 0 unspecified atom stereocenters. The number of hydrogen-bond donors (Lipinski definition) is 0. The summed E-state index contributed by atoms with van der Waals surface area (Å²) in [4.78, 5) is 0. The summed E-state index contributed by atoms with van der Waals surface area (Å²) in [5.41, 5.74) is 7.29. The van der Waals surface area contributed by atoms with Crippen molar-refractivity contribution in [3.63, 3.8) is 0 Å². The van der Waals surface area contributed by atoms with Crippen LogP contribution >= 0.6 is 47.8 Å². The molecular weight excluding hydrogens is 816 g/mol. The van der Waals surface area contributed by atoms with E-state index in [0.29, 0.717) is 0 Å². The van der Waals surface area contributed by atoms with Gasteiger partial charge in [0.15, 0.2) is 0 Å². The van der Waals surface area contributed by atoms with E-state index >= 15 is 0 Å². The zero-order valence-corrected chi connectivity index (χ0v) is 32.0. The van der Waals surface area contributed by atoms with Gasteiger partial charge in [-0.05, 0) is 164 Å². The quantitative estimate of drug-likeness (QED) is 0.155. The summed E-state index contributed by atoms with van der Waals surface area (Å²) >= 11 is 12.0. The number of rotatable bonds is 3. The Morgan fingerprint density at radius 1 is 0.216 bits per heavy atom. The molecular formula is C48H27Br3. The molecule has 0 aliphatic heterocycles. The fourth-order valence-corrected chi connectivity index (χ4v) is 10.3. The van der Waals surface area contributed by atoms with E-state index in [2.05, 4.69) is 212 Å². The molecule has 0 saturated carbocycles. The van der Waals surface area contributed by atoms with Crippen molar-refractivity contribution in [3.05, 3.63) is 177 Å². The lowest BCUT2D eigenvalue weighted by Crippen LogP contribution is -1.93. The highest BCUT2D eigenvalue weighted by Gasteiger charge is 2.21. The molecule has 0 bridgehead atoms. The molecule has 0 N–H and O–H groups in total. The zero-order valence-electron chi connectivity index (χ0n) is 27.2. The molecule has 0 nitrogen and oxygen atoms in total. The number of fused-ring (bicyclic) bond motifs is 6. The van der Waals surface area contributed by atoms with E-state index in [-0.39, 0.29) is 0 Å². The van der Waals surface area contributed by atoms with Crippen molar-refractivity contribution >= 4 is 112 Å². The number of hydrogen-bond acceptors (Lipinski definition) is 0. The molecule has 0 amide bonds. The van der Waals surface area contributed by atoms with E-state index in [4.69, 9.17) is 0 Å². The fraction of sp³-hybridized carbons (Fsp3) is 0. The third-order valence-electron chi connectivity index (χ3n) is 10.4. The molecule has 0 aliphatic rings. The topological polar surface area (TPSA) is 0 Å². The van der Waals surface area contributed by atoms with Gasteiger partial charge in [-0.2, -0.15) is 0 Å². The van der Waals surface area contributed by atoms with Gasteiger partial charge in [0.25, 0.3) is 0 Å². The van der Waals surface area contributed by atoms with Crippen molar-refractivity contribution in [1.82, 2.24) is 0 Å². The van der Waals surface area contributed by atoms with Crippen LogP contribution in [0.4, 0.5) is 0 Å². The SMILES string of the molecule is Brc1c2ccccc2c(-c2cc(-c3c4ccccc4c(Br)c4ccccc34)cc(-c3c4ccccc4c(Br)c4ccccc34)c2)c2ccccc12. The van der Waals surface area contributed by atoms with Gasteiger partial charge in [0.2, 0.25) is 0 Å². The number of benzene rings is 10. The van der Waals surface area contributed by atoms with Gasteiger partial charge in [0, 0.05) is 13.4 Å². The summed E-state index contributed by atoms with van der Waals surface area (Å²) in [6.07, 6.45) is 0. The highest BCUT2D eigenvalue weighted by Crippen LogP contribution is 2.49. The van der Waals surface area contributed by atoms with Gasteiger partial charge in [-0.3, -0.25) is 0 Å². The van der Waals surface area contributed by atoms with Gasteiger partial charge in [0.05, 0.1) is 0 Å². The van der Waals surface area contributed by atoms with Crippen LogP contribution in [0, 0.1) is 0 Å². The van der Waals surface area contributed by atoms with Crippen LogP contribution < -0.4 is 0 Å². The van der Waals surface area contributed by atoms with Crippen LogP contribution in [0.1, 0.15) is 0 Å². The fourth-order valence-electron chi connectivity index (χ4n) is 8.22. The molecule has 0 spiro atoms. The van der Waals surface area contributed by atoms with Gasteiger partial charge < -0.3 is 0 Å². The normalized spacial score (nSPS) is 11.8. The first-order valence-electron chi connectivity index (χ1n) is 17.0. The van der Waals surface area contributed by atoms with Crippen LogP contribution in [0.2, 0.25) is 0 Å². The van der Waals surface area contributed by atoms with E-state index in [9.17, 15) is 0 Å². The molecule has 0 fully saturated rings. The largest absolute Gasteiger partial charge is 0.0616 e. The molecule has 0 saturated heterocycles. The van der Waals surface area contributed by atoms with E-state index in [1.807, 2.05) is 0 Å². The van der Waals surface area contributed by atoms with Crippen LogP contribution in [0.3, 0.4) is 0 Å². The lowest BCUT2D eigenvalue weighted by molar-refractivity contribution is 1.63. The smallest absolute Gasteiger partial charge is 0.0332 e. The van der Waals surface area contributed by atoms with Crippen molar-refractivity contribution in [2.24, 2.45) is 0 Å². The van der Waals surface area contributed by atoms with Crippen molar-refractivity contribution in [2.75, 3.05) is 0 Å². The van der Waals surface area contributed by atoms with Gasteiger partial charge in [-0.1, -0.05) is 146 Å². The van der Waals surface area contributed by atoms with E-state index in [1.165, 1.54) is 98.0 Å². The minimum atomic E-state index is 1.13. The molecule has 0 atom stereocenters. The average molecular weight is 843 g/mol. The van der Waals surface area contributed by atoms with Crippen LogP contribution in [0.25, 0.3) is 98.0 Å². The lowest BCUT2D eigenvalue weighted by Gasteiger charge is -2.20. The molecule has 0 heterocycles.